The van der Waals surface area contributed by atoms with Crippen LogP contribution in [-0.4, -0.2) is 45.3 Å². The molecule has 0 saturated carbocycles. The van der Waals surface area contributed by atoms with Gasteiger partial charge in [-0.3, -0.25) is 9.59 Å². The fourth-order valence-corrected chi connectivity index (χ4v) is 5.98. The summed E-state index contributed by atoms with van der Waals surface area (Å²) in [5.41, 5.74) is 3.12. The number of carbonyl (C=O) groups excluding carboxylic acids is 2. The van der Waals surface area contributed by atoms with Gasteiger partial charge in [0.1, 0.15) is 17.6 Å². The highest BCUT2D eigenvalue weighted by molar-refractivity contribution is 7.89. The summed E-state index contributed by atoms with van der Waals surface area (Å²) in [5.74, 6) is -0.255. The van der Waals surface area contributed by atoms with Crippen LogP contribution in [0.3, 0.4) is 0 Å². The monoisotopic (exact) mass is 631 g/mol. The Morgan fingerprint density at radius 2 is 1.42 bits per heavy atom. The van der Waals surface area contributed by atoms with E-state index in [0.717, 1.165) is 16.9 Å². The second-order valence-electron chi connectivity index (χ2n) is 10.5. The van der Waals surface area contributed by atoms with Crippen molar-refractivity contribution in [1.29, 1.82) is 0 Å². The van der Waals surface area contributed by atoms with Gasteiger partial charge < -0.3 is 15.0 Å². The lowest BCUT2D eigenvalue weighted by molar-refractivity contribution is -0.141. The summed E-state index contributed by atoms with van der Waals surface area (Å²) in [4.78, 5) is 29.4. The topological polar surface area (TPSA) is 105 Å². The number of benzene rings is 4. The van der Waals surface area contributed by atoms with Crippen molar-refractivity contribution in [2.75, 3.05) is 20.2 Å². The van der Waals surface area contributed by atoms with E-state index < -0.39 is 21.9 Å². The van der Waals surface area contributed by atoms with Crippen molar-refractivity contribution in [1.82, 2.24) is 14.9 Å². The third-order valence-electron chi connectivity index (χ3n) is 7.33. The molecule has 1 atom stereocenters. The smallest absolute Gasteiger partial charge is 0.247 e. The van der Waals surface area contributed by atoms with E-state index in [-0.39, 0.29) is 36.2 Å². The first-order valence-corrected chi connectivity index (χ1v) is 16.3. The minimum absolute atomic E-state index is 0.0724. The molecule has 236 valence electrons. The predicted molar refractivity (Wildman–Crippen MR) is 171 cm³/mol. The second-order valence-corrected chi connectivity index (χ2v) is 12.3. The van der Waals surface area contributed by atoms with Gasteiger partial charge in [0.15, 0.2) is 0 Å². The molecule has 0 spiro atoms. The zero-order chi connectivity index (χ0) is 32.2. The van der Waals surface area contributed by atoms with Gasteiger partial charge in [-0.2, -0.15) is 0 Å². The molecule has 0 saturated heterocycles. The van der Waals surface area contributed by atoms with E-state index in [9.17, 15) is 22.4 Å². The molecule has 10 heteroatoms. The predicted octanol–water partition coefficient (Wildman–Crippen LogP) is 5.19. The van der Waals surface area contributed by atoms with E-state index in [2.05, 4.69) is 10.0 Å². The molecule has 4 rings (SSSR count). The molecule has 1 unspecified atom stereocenters. The number of nitrogens with one attached hydrogen (secondary N) is 2. The fourth-order valence-electron chi connectivity index (χ4n) is 4.94. The van der Waals surface area contributed by atoms with Crippen LogP contribution >= 0.6 is 0 Å². The number of methoxy groups -OCH3 is 1. The van der Waals surface area contributed by atoms with Gasteiger partial charge in [0.25, 0.3) is 0 Å². The largest absolute Gasteiger partial charge is 0.497 e. The van der Waals surface area contributed by atoms with Crippen molar-refractivity contribution < 1.29 is 27.1 Å². The van der Waals surface area contributed by atoms with Crippen LogP contribution in [0, 0.1) is 5.82 Å². The van der Waals surface area contributed by atoms with E-state index in [4.69, 9.17) is 4.74 Å². The number of nitrogens with zero attached hydrogens (tertiary/aromatic N) is 1. The van der Waals surface area contributed by atoms with Gasteiger partial charge in [-0.25, -0.2) is 17.5 Å². The Morgan fingerprint density at radius 3 is 2.04 bits per heavy atom. The molecular formula is C35H38FN3O5S. The quantitative estimate of drug-likeness (QED) is 0.188. The van der Waals surface area contributed by atoms with Crippen molar-refractivity contribution in [3.8, 4) is 5.75 Å². The molecule has 0 aliphatic carbocycles. The number of halogens is 1. The van der Waals surface area contributed by atoms with E-state index >= 15 is 0 Å². The van der Waals surface area contributed by atoms with Crippen molar-refractivity contribution in [3.63, 3.8) is 0 Å². The standard InChI is InChI=1S/C35H38FN3O5S/c1-3-38-45(42,43)32-20-13-26(14-21-32)15-22-33(40)39(25-28-9-16-30(36)17-10-28)34(29-7-5-4-6-8-29)35(41)37-24-23-27-11-18-31(44-2)19-12-27/h4-14,16-21,34,38H,3,15,22-25H2,1-2H3,(H,37,41). The number of sulfonamides is 1. The Balaban J connectivity index is 1.55. The van der Waals surface area contributed by atoms with Crippen LogP contribution in [0.4, 0.5) is 4.39 Å². The molecule has 45 heavy (non-hydrogen) atoms. The van der Waals surface area contributed by atoms with Crippen LogP contribution in [-0.2, 0) is 39.0 Å². The molecule has 0 heterocycles. The number of carbonyl (C=O) groups is 2. The SMILES string of the molecule is CCNS(=O)(=O)c1ccc(CCC(=O)N(Cc2ccc(F)cc2)C(C(=O)NCCc2ccc(OC)cc2)c2ccccc2)cc1. The maximum atomic E-state index is 13.9. The van der Waals surface area contributed by atoms with Gasteiger partial charge in [0.2, 0.25) is 21.8 Å². The van der Waals surface area contributed by atoms with Gasteiger partial charge in [-0.05, 0) is 71.5 Å². The van der Waals surface area contributed by atoms with Gasteiger partial charge in [0.05, 0.1) is 12.0 Å². The Labute approximate surface area is 264 Å². The van der Waals surface area contributed by atoms with Crippen LogP contribution in [0.1, 0.15) is 41.6 Å². The molecule has 8 nitrogen and oxygen atoms in total. The summed E-state index contributed by atoms with van der Waals surface area (Å²) in [5, 5.41) is 3.01. The molecule has 2 N–H and O–H groups in total. The van der Waals surface area contributed by atoms with Crippen LogP contribution < -0.4 is 14.8 Å². The third-order valence-corrected chi connectivity index (χ3v) is 8.89. The number of ether oxygens (including phenoxy) is 1. The minimum Gasteiger partial charge on any atom is -0.497 e. The third kappa shape index (κ3) is 9.47. The van der Waals surface area contributed by atoms with Gasteiger partial charge >= 0.3 is 0 Å². The first-order valence-electron chi connectivity index (χ1n) is 14.8. The van der Waals surface area contributed by atoms with Crippen molar-refractivity contribution in [2.45, 2.75) is 43.7 Å². The highest BCUT2D eigenvalue weighted by Gasteiger charge is 2.31. The van der Waals surface area contributed by atoms with Crippen molar-refractivity contribution >= 4 is 21.8 Å². The van der Waals surface area contributed by atoms with Crippen molar-refractivity contribution in [2.24, 2.45) is 0 Å². The summed E-state index contributed by atoms with van der Waals surface area (Å²) in [6, 6.07) is 28.0. The van der Waals surface area contributed by atoms with Crippen LogP contribution in [0.15, 0.2) is 108 Å². The second kappa shape index (κ2) is 16.0. The average Bonchev–Trinajstić information content (AvgIpc) is 3.05. The van der Waals surface area contributed by atoms with Gasteiger partial charge in [0, 0.05) is 26.1 Å². The van der Waals surface area contributed by atoms with E-state index in [0.29, 0.717) is 30.5 Å². The molecule has 2 amide bonds. The van der Waals surface area contributed by atoms with Gasteiger partial charge in [-0.15, -0.1) is 0 Å². The molecule has 0 aliphatic heterocycles. The maximum absolute atomic E-state index is 13.9. The lowest BCUT2D eigenvalue weighted by Crippen LogP contribution is -2.44. The fraction of sp³-hybridized carbons (Fsp3) is 0.257. The van der Waals surface area contributed by atoms with Crippen molar-refractivity contribution in [3.05, 3.63) is 131 Å². The van der Waals surface area contributed by atoms with E-state index in [1.54, 1.807) is 38.3 Å². The Bertz CT molecular complexity index is 1650. The highest BCUT2D eigenvalue weighted by Crippen LogP contribution is 2.26. The highest BCUT2D eigenvalue weighted by atomic mass is 32.2. The summed E-state index contributed by atoms with van der Waals surface area (Å²) in [7, 11) is -1.99. The van der Waals surface area contributed by atoms with Gasteiger partial charge in [-0.1, -0.05) is 73.7 Å². The first-order chi connectivity index (χ1) is 21.7. The molecule has 0 bridgehead atoms. The summed E-state index contributed by atoms with van der Waals surface area (Å²) in [6.45, 7) is 2.43. The van der Waals surface area contributed by atoms with E-state index in [1.165, 1.54) is 29.2 Å². The number of amides is 2. The normalized spacial score (nSPS) is 11.9. The molecule has 4 aromatic carbocycles. The molecular weight excluding hydrogens is 593 g/mol. The Morgan fingerprint density at radius 1 is 0.822 bits per heavy atom. The zero-order valence-corrected chi connectivity index (χ0v) is 26.2. The summed E-state index contributed by atoms with van der Waals surface area (Å²) >= 11 is 0. The minimum atomic E-state index is -3.59. The maximum Gasteiger partial charge on any atom is 0.247 e. The van der Waals surface area contributed by atoms with Crippen LogP contribution in [0.5, 0.6) is 5.75 Å². The Hall–Kier alpha value is -4.54. The average molecular weight is 632 g/mol. The summed E-state index contributed by atoms with van der Waals surface area (Å²) < 4.78 is 46.0. The molecule has 4 aromatic rings. The lowest BCUT2D eigenvalue weighted by atomic mass is 10.0. The molecule has 0 fully saturated rings. The molecule has 0 aliphatic rings. The van der Waals surface area contributed by atoms with Crippen LogP contribution in [0.2, 0.25) is 0 Å². The zero-order valence-electron chi connectivity index (χ0n) is 25.4. The van der Waals surface area contributed by atoms with E-state index in [1.807, 2.05) is 54.6 Å². The molecule has 0 aromatic heterocycles. The number of hydrogen-bond acceptors (Lipinski definition) is 5. The van der Waals surface area contributed by atoms with Crippen LogP contribution in [0.25, 0.3) is 0 Å². The number of hydrogen-bond donors (Lipinski definition) is 2. The first kappa shape index (κ1) is 33.4. The molecule has 0 radical (unpaired) electrons. The number of aryl methyl sites for hydroxylation is 1. The summed E-state index contributed by atoms with van der Waals surface area (Å²) in [6.07, 6.45) is 0.993. The number of rotatable bonds is 15. The lowest BCUT2D eigenvalue weighted by Gasteiger charge is -2.32. The Kier molecular flexibility index (Phi) is 11.8.